The Morgan fingerprint density at radius 2 is 2.16 bits per heavy atom. The molecule has 7 heteroatoms. The summed E-state index contributed by atoms with van der Waals surface area (Å²) in [6.45, 7) is 2.26. The molecule has 1 atom stereocenters. The van der Waals surface area contributed by atoms with Gasteiger partial charge in [0.25, 0.3) is 0 Å². The summed E-state index contributed by atoms with van der Waals surface area (Å²) in [5.74, 6) is 0.120. The van der Waals surface area contributed by atoms with Gasteiger partial charge in [0.05, 0.1) is 42.4 Å². The first-order valence-corrected chi connectivity index (χ1v) is 8.36. The van der Waals surface area contributed by atoms with Crippen LogP contribution in [0.2, 0.25) is 0 Å². The number of aromatic nitrogens is 4. The second kappa shape index (κ2) is 6.98. The lowest BCUT2D eigenvalue weighted by molar-refractivity contribution is -0.139. The number of morpholine rings is 1. The first-order valence-electron chi connectivity index (χ1n) is 8.36. The molecule has 1 fully saturated rings. The lowest BCUT2D eigenvalue weighted by Crippen LogP contribution is -2.42. The number of fused-ring (bicyclic) bond motifs is 1. The van der Waals surface area contributed by atoms with Crippen LogP contribution in [0, 0.1) is 0 Å². The molecule has 3 aromatic rings. The van der Waals surface area contributed by atoms with Crippen molar-refractivity contribution >= 4 is 16.9 Å². The number of hydrogen-bond donors (Lipinski definition) is 0. The van der Waals surface area contributed by atoms with E-state index in [0.717, 1.165) is 16.7 Å². The summed E-state index contributed by atoms with van der Waals surface area (Å²) in [5.41, 5.74) is 2.76. The van der Waals surface area contributed by atoms with Crippen LogP contribution in [0.5, 0.6) is 0 Å². The molecule has 7 nitrogen and oxygen atoms in total. The van der Waals surface area contributed by atoms with Crippen molar-refractivity contribution in [2.75, 3.05) is 19.7 Å². The van der Waals surface area contributed by atoms with Gasteiger partial charge in [-0.1, -0.05) is 12.1 Å². The van der Waals surface area contributed by atoms with E-state index >= 15 is 0 Å². The van der Waals surface area contributed by atoms with Gasteiger partial charge in [-0.15, -0.1) is 0 Å². The number of carbonyl (C=O) groups excluding carboxylic acids is 1. The number of hydrogen-bond acceptors (Lipinski definition) is 5. The minimum atomic E-state index is -0.208. The molecule has 25 heavy (non-hydrogen) atoms. The lowest BCUT2D eigenvalue weighted by Gasteiger charge is -2.32. The molecule has 1 aliphatic heterocycles. The molecule has 1 aliphatic rings. The lowest BCUT2D eigenvalue weighted by atomic mass is 10.2. The molecule has 0 aliphatic carbocycles. The van der Waals surface area contributed by atoms with Gasteiger partial charge in [0.1, 0.15) is 6.10 Å². The van der Waals surface area contributed by atoms with Gasteiger partial charge in [0.2, 0.25) is 5.91 Å². The van der Waals surface area contributed by atoms with Gasteiger partial charge in [-0.05, 0) is 12.1 Å². The molecule has 0 spiro atoms. The van der Waals surface area contributed by atoms with Gasteiger partial charge in [-0.3, -0.25) is 14.8 Å². The van der Waals surface area contributed by atoms with Crippen molar-refractivity contribution in [3.8, 4) is 0 Å². The Balaban J connectivity index is 1.39. The molecule has 3 heterocycles. The van der Waals surface area contributed by atoms with Gasteiger partial charge in [0, 0.05) is 31.9 Å². The average molecular weight is 337 g/mol. The van der Waals surface area contributed by atoms with Crippen LogP contribution >= 0.6 is 0 Å². The van der Waals surface area contributed by atoms with Crippen LogP contribution in [0.1, 0.15) is 18.2 Å². The van der Waals surface area contributed by atoms with Gasteiger partial charge < -0.3 is 14.2 Å². The van der Waals surface area contributed by atoms with Crippen molar-refractivity contribution in [1.82, 2.24) is 24.4 Å². The number of nitrogens with zero attached hydrogens (tertiary/aromatic N) is 5. The molecule has 0 N–H and O–H groups in total. The maximum Gasteiger partial charge on any atom is 0.224 e. The number of imidazole rings is 1. The van der Waals surface area contributed by atoms with Crippen molar-refractivity contribution in [2.24, 2.45) is 0 Å². The fraction of sp³-hybridized carbons (Fsp3) is 0.333. The Morgan fingerprint density at radius 1 is 1.24 bits per heavy atom. The second-order valence-electron chi connectivity index (χ2n) is 6.01. The van der Waals surface area contributed by atoms with E-state index in [0.29, 0.717) is 32.7 Å². The van der Waals surface area contributed by atoms with Crippen LogP contribution < -0.4 is 0 Å². The number of rotatable bonds is 4. The quantitative estimate of drug-likeness (QED) is 0.726. The number of ether oxygens (including phenoxy) is 1. The summed E-state index contributed by atoms with van der Waals surface area (Å²) in [5, 5.41) is 0. The smallest absolute Gasteiger partial charge is 0.224 e. The third kappa shape index (κ3) is 3.36. The van der Waals surface area contributed by atoms with E-state index in [-0.39, 0.29) is 12.0 Å². The van der Waals surface area contributed by atoms with Gasteiger partial charge in [-0.2, -0.15) is 0 Å². The van der Waals surface area contributed by atoms with Crippen LogP contribution in [0.4, 0.5) is 0 Å². The zero-order valence-electron chi connectivity index (χ0n) is 13.8. The highest BCUT2D eigenvalue weighted by Crippen LogP contribution is 2.20. The van der Waals surface area contributed by atoms with Crippen molar-refractivity contribution in [2.45, 2.75) is 19.1 Å². The van der Waals surface area contributed by atoms with E-state index in [9.17, 15) is 4.79 Å². The molecule has 0 radical (unpaired) electrons. The zero-order chi connectivity index (χ0) is 17.1. The molecule has 2 aromatic heterocycles. The van der Waals surface area contributed by atoms with Crippen LogP contribution in [-0.2, 0) is 16.1 Å². The predicted octanol–water partition coefficient (Wildman–Crippen LogP) is 1.82. The first kappa shape index (κ1) is 15.7. The van der Waals surface area contributed by atoms with E-state index in [1.807, 2.05) is 33.7 Å². The van der Waals surface area contributed by atoms with E-state index in [4.69, 9.17) is 4.74 Å². The highest BCUT2D eigenvalue weighted by molar-refractivity contribution is 5.77. The second-order valence-corrected chi connectivity index (χ2v) is 6.01. The van der Waals surface area contributed by atoms with Gasteiger partial charge in [0.15, 0.2) is 0 Å². The monoisotopic (exact) mass is 337 g/mol. The van der Waals surface area contributed by atoms with Crippen molar-refractivity contribution in [1.29, 1.82) is 0 Å². The van der Waals surface area contributed by atoms with Crippen molar-refractivity contribution < 1.29 is 9.53 Å². The highest BCUT2D eigenvalue weighted by Gasteiger charge is 2.26. The van der Waals surface area contributed by atoms with Crippen LogP contribution in [-0.4, -0.2) is 50.0 Å². The summed E-state index contributed by atoms with van der Waals surface area (Å²) >= 11 is 0. The molecule has 128 valence electrons. The van der Waals surface area contributed by atoms with Gasteiger partial charge in [-0.25, -0.2) is 4.98 Å². The van der Waals surface area contributed by atoms with Crippen LogP contribution in [0.25, 0.3) is 11.0 Å². The number of amides is 1. The summed E-state index contributed by atoms with van der Waals surface area (Å²) < 4.78 is 7.76. The van der Waals surface area contributed by atoms with Crippen molar-refractivity contribution in [3.05, 3.63) is 54.9 Å². The number of benzene rings is 1. The van der Waals surface area contributed by atoms with E-state index in [1.54, 1.807) is 24.9 Å². The SMILES string of the molecule is O=C(CCn1cnc2ccccc21)N1CCO[C@@H](c2cnccn2)C1. The minimum Gasteiger partial charge on any atom is -0.368 e. The average Bonchev–Trinajstić information content (AvgIpc) is 3.10. The molecule has 0 saturated carbocycles. The third-order valence-electron chi connectivity index (χ3n) is 4.43. The summed E-state index contributed by atoms with van der Waals surface area (Å²) in [6, 6.07) is 7.94. The van der Waals surface area contributed by atoms with E-state index < -0.39 is 0 Å². The topological polar surface area (TPSA) is 73.1 Å². The Morgan fingerprint density at radius 3 is 3.04 bits per heavy atom. The molecular formula is C18H19N5O2. The Hall–Kier alpha value is -2.80. The molecule has 4 rings (SSSR count). The molecule has 0 bridgehead atoms. The Bertz CT molecular complexity index is 864. The summed E-state index contributed by atoms with van der Waals surface area (Å²) in [4.78, 5) is 27.2. The zero-order valence-corrected chi connectivity index (χ0v) is 13.8. The molecule has 1 aromatic carbocycles. The normalized spacial score (nSPS) is 17.8. The largest absolute Gasteiger partial charge is 0.368 e. The number of para-hydroxylation sites is 2. The molecule has 0 unspecified atom stereocenters. The molecular weight excluding hydrogens is 318 g/mol. The fourth-order valence-corrected chi connectivity index (χ4v) is 3.09. The summed E-state index contributed by atoms with van der Waals surface area (Å²) in [6.07, 6.45) is 6.98. The van der Waals surface area contributed by atoms with E-state index in [1.165, 1.54) is 0 Å². The highest BCUT2D eigenvalue weighted by atomic mass is 16.5. The minimum absolute atomic E-state index is 0.120. The standard InChI is InChI=1S/C18H19N5O2/c24-18(5-8-23-13-21-14-3-1-2-4-16(14)23)22-9-10-25-17(12-22)15-11-19-6-7-20-15/h1-4,6-7,11,13,17H,5,8-10,12H2/t17-/m1/s1. The first-order chi connectivity index (χ1) is 12.3. The van der Waals surface area contributed by atoms with Crippen molar-refractivity contribution in [3.63, 3.8) is 0 Å². The van der Waals surface area contributed by atoms with Crippen LogP contribution in [0.15, 0.2) is 49.2 Å². The van der Waals surface area contributed by atoms with E-state index in [2.05, 4.69) is 15.0 Å². The maximum absolute atomic E-state index is 12.6. The molecule has 1 amide bonds. The summed E-state index contributed by atoms with van der Waals surface area (Å²) in [7, 11) is 0. The maximum atomic E-state index is 12.6. The number of aryl methyl sites for hydroxylation is 1. The Labute approximate surface area is 145 Å². The molecule has 1 saturated heterocycles. The van der Waals surface area contributed by atoms with Crippen LogP contribution in [0.3, 0.4) is 0 Å². The fourth-order valence-electron chi connectivity index (χ4n) is 3.09. The third-order valence-corrected chi connectivity index (χ3v) is 4.43. The predicted molar refractivity (Wildman–Crippen MR) is 91.7 cm³/mol. The number of carbonyl (C=O) groups is 1. The van der Waals surface area contributed by atoms with Gasteiger partial charge >= 0.3 is 0 Å². The Kier molecular flexibility index (Phi) is 4.39.